The van der Waals surface area contributed by atoms with E-state index in [0.29, 0.717) is 44.3 Å². The van der Waals surface area contributed by atoms with Crippen LogP contribution in [0.4, 0.5) is 0 Å². The van der Waals surface area contributed by atoms with E-state index in [9.17, 15) is 24.0 Å². The molecule has 2 aliphatic rings. The topological polar surface area (TPSA) is 126 Å². The zero-order valence-electron chi connectivity index (χ0n) is 22.3. The molecule has 2 rings (SSSR count). The normalized spacial score (nSPS) is 19.4. The Hall–Kier alpha value is -2.57. The Labute approximate surface area is 212 Å². The third kappa shape index (κ3) is 11.0. The van der Waals surface area contributed by atoms with Crippen LogP contribution < -0.4 is 0 Å². The number of hydrogen-bond donors (Lipinski definition) is 0. The molecule has 0 aliphatic carbocycles. The molecule has 2 aliphatic heterocycles. The lowest BCUT2D eigenvalue weighted by Crippen LogP contribution is -2.43. The van der Waals surface area contributed by atoms with Crippen molar-refractivity contribution in [3.8, 4) is 0 Å². The highest BCUT2D eigenvalue weighted by atomic mass is 16.7. The monoisotopic (exact) mass is 512 g/mol. The number of rotatable bonds is 7. The molecule has 12 nitrogen and oxygen atoms in total. The first-order chi connectivity index (χ1) is 16.6. The van der Waals surface area contributed by atoms with E-state index in [1.807, 2.05) is 14.7 Å². The fraction of sp³-hybridized carbons (Fsp3) is 0.792. The maximum Gasteiger partial charge on any atom is 0.347 e. The van der Waals surface area contributed by atoms with Crippen molar-refractivity contribution < 1.29 is 38.3 Å². The van der Waals surface area contributed by atoms with E-state index in [2.05, 4.69) is 0 Å². The van der Waals surface area contributed by atoms with Gasteiger partial charge in [-0.15, -0.1) is 5.06 Å². The Morgan fingerprint density at radius 3 is 1.22 bits per heavy atom. The lowest BCUT2D eigenvalue weighted by atomic mass is 10.2. The molecule has 2 amide bonds. The van der Waals surface area contributed by atoms with Crippen molar-refractivity contribution in [3.05, 3.63) is 0 Å². The number of carbonyl (C=O) groups is 5. The van der Waals surface area contributed by atoms with Gasteiger partial charge in [0.2, 0.25) is 0 Å². The Morgan fingerprint density at radius 1 is 0.611 bits per heavy atom. The zero-order chi connectivity index (χ0) is 27.1. The van der Waals surface area contributed by atoms with Crippen molar-refractivity contribution in [2.45, 2.75) is 65.6 Å². The summed E-state index contributed by atoms with van der Waals surface area (Å²) in [5.74, 6) is -2.53. The lowest BCUT2D eigenvalue weighted by molar-refractivity contribution is -0.198. The molecular formula is C24H40N4O8. The molecule has 0 radical (unpaired) electrons. The minimum atomic E-state index is -0.727. The average Bonchev–Trinajstić information content (AvgIpc) is 3.05. The summed E-state index contributed by atoms with van der Waals surface area (Å²) < 4.78 is 10.9. The summed E-state index contributed by atoms with van der Waals surface area (Å²) in [7, 11) is 0. The largest absolute Gasteiger partial charge is 0.459 e. The van der Waals surface area contributed by atoms with Crippen LogP contribution in [0.5, 0.6) is 0 Å². The third-order valence-electron chi connectivity index (χ3n) is 5.29. The van der Waals surface area contributed by atoms with E-state index < -0.39 is 29.0 Å². The molecule has 0 spiro atoms. The fourth-order valence-corrected chi connectivity index (χ4v) is 3.74. The van der Waals surface area contributed by atoms with Crippen molar-refractivity contribution in [1.29, 1.82) is 0 Å². The first-order valence-corrected chi connectivity index (χ1v) is 12.3. The smallest absolute Gasteiger partial charge is 0.347 e. The molecular weight excluding hydrogens is 472 g/mol. The minimum absolute atomic E-state index is 0.0229. The number of imide groups is 1. The number of esters is 2. The van der Waals surface area contributed by atoms with Crippen LogP contribution in [-0.4, -0.2) is 120 Å². The average molecular weight is 513 g/mol. The molecule has 2 heterocycles. The van der Waals surface area contributed by atoms with E-state index in [1.165, 1.54) is 0 Å². The van der Waals surface area contributed by atoms with Crippen molar-refractivity contribution in [2.24, 2.45) is 0 Å². The molecule has 2 fully saturated rings. The van der Waals surface area contributed by atoms with E-state index >= 15 is 0 Å². The van der Waals surface area contributed by atoms with Crippen molar-refractivity contribution in [3.63, 3.8) is 0 Å². The summed E-state index contributed by atoms with van der Waals surface area (Å²) in [6.07, 6.45) is 0.0458. The van der Waals surface area contributed by atoms with Crippen LogP contribution in [0.2, 0.25) is 0 Å². The van der Waals surface area contributed by atoms with E-state index in [4.69, 9.17) is 14.3 Å². The molecule has 0 atom stereocenters. The van der Waals surface area contributed by atoms with Crippen molar-refractivity contribution in [1.82, 2.24) is 19.8 Å². The van der Waals surface area contributed by atoms with Gasteiger partial charge in [0.1, 0.15) is 11.2 Å². The van der Waals surface area contributed by atoms with Gasteiger partial charge in [0.05, 0.1) is 19.6 Å². The van der Waals surface area contributed by atoms with Gasteiger partial charge in [-0.3, -0.25) is 33.9 Å². The SMILES string of the molecule is CC(C)(C)OC(=O)CN1CCN(CC(=O)ON2C(=O)CCC2=O)CCN(CC(=O)OC(C)(C)C)CC1. The third-order valence-corrected chi connectivity index (χ3v) is 5.29. The first kappa shape index (κ1) is 29.7. The Morgan fingerprint density at radius 2 is 0.917 bits per heavy atom. The molecule has 0 aromatic rings. The van der Waals surface area contributed by atoms with Gasteiger partial charge in [-0.1, -0.05) is 0 Å². The lowest BCUT2D eigenvalue weighted by Gasteiger charge is -2.27. The molecule has 0 bridgehead atoms. The number of hydrogen-bond acceptors (Lipinski definition) is 11. The van der Waals surface area contributed by atoms with Gasteiger partial charge in [-0.25, -0.2) is 4.79 Å². The highest BCUT2D eigenvalue weighted by Gasteiger charge is 2.33. The highest BCUT2D eigenvalue weighted by Crippen LogP contribution is 2.13. The predicted octanol–water partition coefficient (Wildman–Crippen LogP) is 0.197. The number of amides is 2. The molecule has 0 unspecified atom stereocenters. The van der Waals surface area contributed by atoms with Gasteiger partial charge in [0.25, 0.3) is 11.8 Å². The maximum absolute atomic E-state index is 12.5. The molecule has 36 heavy (non-hydrogen) atoms. The van der Waals surface area contributed by atoms with E-state index in [-0.39, 0.29) is 44.4 Å². The summed E-state index contributed by atoms with van der Waals surface area (Å²) in [5.41, 5.74) is -1.22. The zero-order valence-corrected chi connectivity index (χ0v) is 22.3. The molecule has 0 N–H and O–H groups in total. The van der Waals surface area contributed by atoms with Gasteiger partial charge >= 0.3 is 17.9 Å². The fourth-order valence-electron chi connectivity index (χ4n) is 3.74. The second-order valence-corrected chi connectivity index (χ2v) is 11.0. The Kier molecular flexibility index (Phi) is 10.4. The standard InChI is InChI=1S/C24H40N4O8/c1-23(2,3)34-20(31)15-25-9-10-26(16-21(32)35-24(4,5)6)12-14-27(13-11-25)17-22(33)36-28-18(29)7-8-19(28)30/h7-17H2,1-6H3. The summed E-state index contributed by atoms with van der Waals surface area (Å²) in [5, 5.41) is 0.530. The van der Waals surface area contributed by atoms with Crippen LogP contribution in [0.1, 0.15) is 54.4 Å². The van der Waals surface area contributed by atoms with Gasteiger partial charge in [-0.05, 0) is 41.5 Å². The van der Waals surface area contributed by atoms with Crippen LogP contribution >= 0.6 is 0 Å². The summed E-state index contributed by atoms with van der Waals surface area (Å²) in [4.78, 5) is 71.5. The Bertz CT molecular complexity index is 775. The van der Waals surface area contributed by atoms with Gasteiger partial charge < -0.3 is 14.3 Å². The predicted molar refractivity (Wildman–Crippen MR) is 128 cm³/mol. The van der Waals surface area contributed by atoms with Gasteiger partial charge in [-0.2, -0.15) is 0 Å². The van der Waals surface area contributed by atoms with Crippen LogP contribution in [0.15, 0.2) is 0 Å². The van der Waals surface area contributed by atoms with Crippen molar-refractivity contribution in [2.75, 3.05) is 58.9 Å². The quantitative estimate of drug-likeness (QED) is 0.343. The molecule has 0 saturated carbocycles. The molecule has 12 heteroatoms. The molecule has 204 valence electrons. The van der Waals surface area contributed by atoms with E-state index in [0.717, 1.165) is 0 Å². The van der Waals surface area contributed by atoms with Crippen LogP contribution in [0.25, 0.3) is 0 Å². The second kappa shape index (κ2) is 12.6. The van der Waals surface area contributed by atoms with E-state index in [1.54, 1.807) is 41.5 Å². The summed E-state index contributed by atoms with van der Waals surface area (Å²) in [6.45, 7) is 13.6. The second-order valence-electron chi connectivity index (χ2n) is 11.0. The van der Waals surface area contributed by atoms with Crippen LogP contribution in [0, 0.1) is 0 Å². The minimum Gasteiger partial charge on any atom is -0.459 e. The van der Waals surface area contributed by atoms with Crippen LogP contribution in [-0.2, 0) is 38.3 Å². The molecule has 0 aromatic heterocycles. The molecule has 0 aromatic carbocycles. The Balaban J connectivity index is 2.05. The number of nitrogens with zero attached hydrogens (tertiary/aromatic N) is 4. The highest BCUT2D eigenvalue weighted by molar-refractivity contribution is 6.01. The van der Waals surface area contributed by atoms with Gasteiger partial charge in [0, 0.05) is 52.1 Å². The summed E-state index contributed by atoms with van der Waals surface area (Å²) >= 11 is 0. The van der Waals surface area contributed by atoms with Crippen LogP contribution in [0.3, 0.4) is 0 Å². The molecule has 2 saturated heterocycles. The number of ether oxygens (including phenoxy) is 2. The number of hydroxylamine groups is 2. The van der Waals surface area contributed by atoms with Gasteiger partial charge in [0.15, 0.2) is 0 Å². The first-order valence-electron chi connectivity index (χ1n) is 12.3. The van der Waals surface area contributed by atoms with Crippen molar-refractivity contribution >= 4 is 29.7 Å². The number of carbonyl (C=O) groups excluding carboxylic acids is 5. The summed E-state index contributed by atoms with van der Waals surface area (Å²) in [6, 6.07) is 0. The maximum atomic E-state index is 12.5.